The Hall–Kier alpha value is -2.07. The van der Waals surface area contributed by atoms with Gasteiger partial charge < -0.3 is 4.74 Å². The lowest BCUT2D eigenvalue weighted by atomic mass is 10.2. The zero-order valence-corrected chi connectivity index (χ0v) is 11.3. The van der Waals surface area contributed by atoms with Crippen LogP contribution in [0.1, 0.15) is 5.56 Å². The first-order chi connectivity index (χ1) is 9.13. The van der Waals surface area contributed by atoms with E-state index in [1.54, 1.807) is 12.3 Å². The van der Waals surface area contributed by atoms with E-state index in [4.69, 9.17) is 16.3 Å². The summed E-state index contributed by atoms with van der Waals surface area (Å²) in [6, 6.07) is 7.56. The van der Waals surface area contributed by atoms with Crippen molar-refractivity contribution in [3.8, 4) is 11.5 Å². The zero-order chi connectivity index (χ0) is 13.4. The van der Waals surface area contributed by atoms with Crippen molar-refractivity contribution < 1.29 is 4.74 Å². The van der Waals surface area contributed by atoms with Crippen LogP contribution in [0.15, 0.2) is 36.7 Å². The highest BCUT2D eigenvalue weighted by molar-refractivity contribution is 6.29. The molecule has 0 fully saturated rings. The second-order valence-electron chi connectivity index (χ2n) is 4.36. The summed E-state index contributed by atoms with van der Waals surface area (Å²) >= 11 is 5.88. The molecule has 0 saturated carbocycles. The summed E-state index contributed by atoms with van der Waals surface area (Å²) in [5.41, 5.74) is 1.96. The molecule has 1 aromatic carbocycles. The van der Waals surface area contributed by atoms with Crippen molar-refractivity contribution in [1.29, 1.82) is 0 Å². The lowest BCUT2D eigenvalue weighted by Gasteiger charge is -2.08. The van der Waals surface area contributed by atoms with Crippen LogP contribution in [0.2, 0.25) is 5.15 Å². The van der Waals surface area contributed by atoms with E-state index in [0.29, 0.717) is 10.9 Å². The predicted octanol–water partition coefficient (Wildman–Crippen LogP) is 3.72. The average Bonchev–Trinajstić information content (AvgIpc) is 2.76. The number of ether oxygens (including phenoxy) is 1. The fourth-order valence-electron chi connectivity index (χ4n) is 1.91. The molecule has 5 heteroatoms. The predicted molar refractivity (Wildman–Crippen MR) is 74.8 cm³/mol. The lowest BCUT2D eigenvalue weighted by molar-refractivity contribution is 0.478. The Morgan fingerprint density at radius 2 is 2.05 bits per heavy atom. The normalized spacial score (nSPS) is 10.9. The first-order valence-corrected chi connectivity index (χ1v) is 6.23. The second kappa shape index (κ2) is 4.55. The van der Waals surface area contributed by atoms with Crippen molar-refractivity contribution in [2.24, 2.45) is 7.05 Å². The highest BCUT2D eigenvalue weighted by atomic mass is 35.5. The van der Waals surface area contributed by atoms with E-state index in [-0.39, 0.29) is 0 Å². The molecule has 0 amide bonds. The molecular formula is C14H12ClN3O. The number of hydrogen-bond donors (Lipinski definition) is 0. The van der Waals surface area contributed by atoms with Gasteiger partial charge in [-0.1, -0.05) is 11.6 Å². The van der Waals surface area contributed by atoms with Crippen LogP contribution < -0.4 is 4.74 Å². The molecule has 0 bridgehead atoms. The standard InChI is InChI=1S/C14H12ClN3O/c1-9-7-16-14(15)6-13(9)19-11-4-3-10-8-17-18(2)12(10)5-11/h3-8H,1-2H3. The van der Waals surface area contributed by atoms with Gasteiger partial charge in [0.05, 0.1) is 11.7 Å². The third-order valence-electron chi connectivity index (χ3n) is 2.97. The third kappa shape index (κ3) is 2.27. The van der Waals surface area contributed by atoms with Gasteiger partial charge in [-0.3, -0.25) is 4.68 Å². The summed E-state index contributed by atoms with van der Waals surface area (Å²) in [7, 11) is 1.90. The molecule has 0 aliphatic heterocycles. The van der Waals surface area contributed by atoms with Crippen LogP contribution in [0.5, 0.6) is 11.5 Å². The summed E-state index contributed by atoms with van der Waals surface area (Å²) in [6.45, 7) is 1.93. The summed E-state index contributed by atoms with van der Waals surface area (Å²) in [5, 5.41) is 5.71. The van der Waals surface area contributed by atoms with Crippen molar-refractivity contribution in [2.45, 2.75) is 6.92 Å². The molecule has 0 N–H and O–H groups in total. The van der Waals surface area contributed by atoms with Gasteiger partial charge in [0, 0.05) is 36.3 Å². The number of aromatic nitrogens is 3. The molecule has 0 spiro atoms. The molecule has 0 radical (unpaired) electrons. The van der Waals surface area contributed by atoms with E-state index in [0.717, 1.165) is 22.2 Å². The fourth-order valence-corrected chi connectivity index (χ4v) is 2.05. The Morgan fingerprint density at radius 3 is 2.89 bits per heavy atom. The number of nitrogens with zero attached hydrogens (tertiary/aromatic N) is 3. The first kappa shape index (κ1) is 12.0. The van der Waals surface area contributed by atoms with Gasteiger partial charge >= 0.3 is 0 Å². The fraction of sp³-hybridized carbons (Fsp3) is 0.143. The quantitative estimate of drug-likeness (QED) is 0.668. The van der Waals surface area contributed by atoms with Gasteiger partial charge in [0.1, 0.15) is 16.7 Å². The number of benzene rings is 1. The molecule has 4 nitrogen and oxygen atoms in total. The second-order valence-corrected chi connectivity index (χ2v) is 4.75. The zero-order valence-electron chi connectivity index (χ0n) is 10.6. The Bertz CT molecular complexity index is 752. The molecule has 2 aromatic heterocycles. The summed E-state index contributed by atoms with van der Waals surface area (Å²) in [6.07, 6.45) is 3.52. The number of aryl methyl sites for hydroxylation is 2. The maximum Gasteiger partial charge on any atom is 0.134 e. The monoisotopic (exact) mass is 273 g/mol. The van der Waals surface area contributed by atoms with Crippen molar-refractivity contribution in [1.82, 2.24) is 14.8 Å². The molecule has 0 atom stereocenters. The van der Waals surface area contributed by atoms with Crippen LogP contribution in [0, 0.1) is 6.92 Å². The van der Waals surface area contributed by atoms with Crippen LogP contribution in [0.3, 0.4) is 0 Å². The summed E-state index contributed by atoms with van der Waals surface area (Å²) in [5.74, 6) is 1.46. The minimum absolute atomic E-state index is 0.419. The molecule has 0 aliphatic carbocycles. The van der Waals surface area contributed by atoms with Gasteiger partial charge in [-0.25, -0.2) is 4.98 Å². The molecule has 19 heavy (non-hydrogen) atoms. The Kier molecular flexibility index (Phi) is 2.87. The van der Waals surface area contributed by atoms with Crippen molar-refractivity contribution >= 4 is 22.5 Å². The van der Waals surface area contributed by atoms with Gasteiger partial charge in [0.25, 0.3) is 0 Å². The Balaban J connectivity index is 2.00. The van der Waals surface area contributed by atoms with Gasteiger partial charge in [0.2, 0.25) is 0 Å². The van der Waals surface area contributed by atoms with Crippen molar-refractivity contribution in [2.75, 3.05) is 0 Å². The molecule has 3 rings (SSSR count). The van der Waals surface area contributed by atoms with Crippen LogP contribution >= 0.6 is 11.6 Å². The van der Waals surface area contributed by atoms with Crippen LogP contribution in [0.4, 0.5) is 0 Å². The molecule has 0 aliphatic rings. The van der Waals surface area contributed by atoms with Gasteiger partial charge in [0.15, 0.2) is 0 Å². The summed E-state index contributed by atoms with van der Waals surface area (Å²) < 4.78 is 7.67. The van der Waals surface area contributed by atoms with E-state index >= 15 is 0 Å². The number of rotatable bonds is 2. The van der Waals surface area contributed by atoms with Gasteiger partial charge in [-0.2, -0.15) is 5.10 Å². The van der Waals surface area contributed by atoms with E-state index in [1.165, 1.54) is 0 Å². The summed E-state index contributed by atoms with van der Waals surface area (Å²) in [4.78, 5) is 4.01. The number of hydrogen-bond acceptors (Lipinski definition) is 3. The maximum atomic E-state index is 5.88. The lowest BCUT2D eigenvalue weighted by Crippen LogP contribution is -1.91. The molecule has 0 unspecified atom stereocenters. The van der Waals surface area contributed by atoms with Crippen molar-refractivity contribution in [3.63, 3.8) is 0 Å². The largest absolute Gasteiger partial charge is 0.457 e. The highest BCUT2D eigenvalue weighted by Crippen LogP contribution is 2.28. The third-order valence-corrected chi connectivity index (χ3v) is 3.18. The molecular weight excluding hydrogens is 262 g/mol. The number of pyridine rings is 1. The number of halogens is 1. The van der Waals surface area contributed by atoms with Crippen LogP contribution in [-0.2, 0) is 7.05 Å². The smallest absolute Gasteiger partial charge is 0.134 e. The minimum Gasteiger partial charge on any atom is -0.457 e. The molecule has 0 saturated heterocycles. The molecule has 2 heterocycles. The van der Waals surface area contributed by atoms with Gasteiger partial charge in [-0.05, 0) is 19.1 Å². The van der Waals surface area contributed by atoms with Gasteiger partial charge in [-0.15, -0.1) is 0 Å². The highest BCUT2D eigenvalue weighted by Gasteiger charge is 2.06. The maximum absolute atomic E-state index is 5.88. The SMILES string of the molecule is Cc1cnc(Cl)cc1Oc1ccc2cnn(C)c2c1. The Labute approximate surface area is 115 Å². The molecule has 3 aromatic rings. The topological polar surface area (TPSA) is 39.9 Å². The Morgan fingerprint density at radius 1 is 1.21 bits per heavy atom. The van der Waals surface area contributed by atoms with E-state index in [9.17, 15) is 0 Å². The molecule has 96 valence electrons. The van der Waals surface area contributed by atoms with E-state index < -0.39 is 0 Å². The van der Waals surface area contributed by atoms with Crippen LogP contribution in [-0.4, -0.2) is 14.8 Å². The first-order valence-electron chi connectivity index (χ1n) is 5.85. The number of fused-ring (bicyclic) bond motifs is 1. The van der Waals surface area contributed by atoms with Crippen molar-refractivity contribution in [3.05, 3.63) is 47.4 Å². The average molecular weight is 274 g/mol. The van der Waals surface area contributed by atoms with Crippen LogP contribution in [0.25, 0.3) is 10.9 Å². The minimum atomic E-state index is 0.419. The van der Waals surface area contributed by atoms with E-state index in [1.807, 2.05) is 43.0 Å². The van der Waals surface area contributed by atoms with E-state index in [2.05, 4.69) is 10.1 Å².